The van der Waals surface area contributed by atoms with Gasteiger partial charge in [-0.15, -0.1) is 4.72 Å². The van der Waals surface area contributed by atoms with Gasteiger partial charge >= 0.3 is 0 Å². The lowest BCUT2D eigenvalue weighted by molar-refractivity contribution is 0.521. The number of halogens is 2. The highest BCUT2D eigenvalue weighted by atomic mass is 79.9. The fourth-order valence-electron chi connectivity index (χ4n) is 1.26. The number of rotatable bonds is 3. The monoisotopic (exact) mass is 321 g/mol. The van der Waals surface area contributed by atoms with Crippen LogP contribution in [0.2, 0.25) is 0 Å². The predicted molar refractivity (Wildman–Crippen MR) is 73.5 cm³/mol. The first kappa shape index (κ1) is 15.0. The highest BCUT2D eigenvalue weighted by Gasteiger charge is 2.29. The topological polar surface area (TPSA) is 35.1 Å². The van der Waals surface area contributed by atoms with E-state index in [-0.39, 0.29) is 16.6 Å². The van der Waals surface area contributed by atoms with Gasteiger partial charge < -0.3 is 4.55 Å². The van der Waals surface area contributed by atoms with Crippen LogP contribution in [0.3, 0.4) is 0 Å². The van der Waals surface area contributed by atoms with Crippen LogP contribution in [0, 0.1) is 5.82 Å². The molecule has 2 nitrogen and oxygen atoms in total. The van der Waals surface area contributed by atoms with Crippen LogP contribution >= 0.6 is 15.9 Å². The Morgan fingerprint density at radius 3 is 2.53 bits per heavy atom. The number of nitrogens with one attached hydrogen (secondary N) is 1. The molecule has 0 spiro atoms. The Kier molecular flexibility index (Phi) is 5.01. The molecule has 0 saturated heterocycles. The second-order valence-electron chi connectivity index (χ2n) is 4.86. The molecule has 96 valence electrons. The zero-order valence-electron chi connectivity index (χ0n) is 10.4. The molecule has 1 rings (SSSR count). The van der Waals surface area contributed by atoms with Crippen LogP contribution in [-0.4, -0.2) is 9.30 Å². The first-order chi connectivity index (χ1) is 7.73. The van der Waals surface area contributed by atoms with Crippen LogP contribution < -0.4 is 4.72 Å². The standard InChI is InChI=1S/C12H17BrFNOS/c1-8(15-17(16)12(2,3)4)9-6-5-7-10(13)11(9)14/h5-8,15H,1-4H3/t8?,17-/m0/s1. The van der Waals surface area contributed by atoms with E-state index in [0.717, 1.165) is 0 Å². The summed E-state index contributed by atoms with van der Waals surface area (Å²) in [5, 5.41) is 0. The van der Waals surface area contributed by atoms with Gasteiger partial charge in [0.25, 0.3) is 0 Å². The van der Waals surface area contributed by atoms with Crippen LogP contribution in [0.25, 0.3) is 0 Å². The summed E-state index contributed by atoms with van der Waals surface area (Å²) in [5.41, 5.74) is 0.511. The molecule has 0 aromatic heterocycles. The zero-order valence-corrected chi connectivity index (χ0v) is 12.8. The number of hydrogen-bond donors (Lipinski definition) is 1. The fraction of sp³-hybridized carbons (Fsp3) is 0.500. The van der Waals surface area contributed by atoms with Gasteiger partial charge in [0.05, 0.1) is 10.5 Å². The van der Waals surface area contributed by atoms with Crippen molar-refractivity contribution in [1.29, 1.82) is 0 Å². The van der Waals surface area contributed by atoms with Gasteiger partial charge in [0, 0.05) is 16.9 Å². The van der Waals surface area contributed by atoms with Crippen molar-refractivity contribution in [3.05, 3.63) is 34.1 Å². The van der Waals surface area contributed by atoms with Gasteiger partial charge in [0.1, 0.15) is 10.6 Å². The largest absolute Gasteiger partial charge is 0.598 e. The summed E-state index contributed by atoms with van der Waals surface area (Å²) in [6, 6.07) is 4.80. The second-order valence-corrected chi connectivity index (χ2v) is 7.72. The molecule has 0 aliphatic carbocycles. The molecule has 0 aliphatic heterocycles. The van der Waals surface area contributed by atoms with Gasteiger partial charge in [-0.2, -0.15) is 0 Å². The molecule has 5 heteroatoms. The van der Waals surface area contributed by atoms with Crippen molar-refractivity contribution in [2.45, 2.75) is 38.5 Å². The lowest BCUT2D eigenvalue weighted by Crippen LogP contribution is -2.40. The maximum absolute atomic E-state index is 13.8. The minimum absolute atomic E-state index is 0.299. The SMILES string of the molecule is CC(N[S@@+]([O-])C(C)(C)C)c1cccc(Br)c1F. The van der Waals surface area contributed by atoms with E-state index in [4.69, 9.17) is 0 Å². The lowest BCUT2D eigenvalue weighted by atomic mass is 10.1. The summed E-state index contributed by atoms with van der Waals surface area (Å²) in [6.07, 6.45) is 0. The van der Waals surface area contributed by atoms with Crippen LogP contribution in [0.4, 0.5) is 4.39 Å². The molecular weight excluding hydrogens is 305 g/mol. The van der Waals surface area contributed by atoms with Gasteiger partial charge in [0.15, 0.2) is 0 Å². The fourth-order valence-corrected chi connectivity index (χ4v) is 2.44. The van der Waals surface area contributed by atoms with Crippen LogP contribution in [0.1, 0.15) is 39.3 Å². The maximum atomic E-state index is 13.8. The highest BCUT2D eigenvalue weighted by Crippen LogP contribution is 2.25. The Morgan fingerprint density at radius 2 is 2.00 bits per heavy atom. The molecule has 0 saturated carbocycles. The zero-order chi connectivity index (χ0) is 13.2. The summed E-state index contributed by atoms with van der Waals surface area (Å²) >= 11 is 1.93. The Bertz CT molecular complexity index is 395. The third-order valence-corrected chi connectivity index (χ3v) is 4.58. The minimum atomic E-state index is -1.21. The third-order valence-electron chi connectivity index (χ3n) is 2.29. The smallest absolute Gasteiger partial charge is 0.142 e. The Hall–Kier alpha value is -0.100. The molecule has 0 fully saturated rings. The molecule has 1 unspecified atom stereocenters. The summed E-state index contributed by atoms with van der Waals surface area (Å²) < 4.78 is 28.7. The average Bonchev–Trinajstić information content (AvgIpc) is 2.20. The van der Waals surface area contributed by atoms with E-state index in [1.54, 1.807) is 25.1 Å². The maximum Gasteiger partial charge on any atom is 0.142 e. The lowest BCUT2D eigenvalue weighted by Gasteiger charge is -2.26. The predicted octanol–water partition coefficient (Wildman–Crippen LogP) is 3.70. The molecule has 0 bridgehead atoms. The van der Waals surface area contributed by atoms with E-state index in [9.17, 15) is 8.94 Å². The molecule has 2 atom stereocenters. The van der Waals surface area contributed by atoms with Gasteiger partial charge in [-0.1, -0.05) is 12.1 Å². The Morgan fingerprint density at radius 1 is 1.41 bits per heavy atom. The van der Waals surface area contributed by atoms with Crippen molar-refractivity contribution in [2.24, 2.45) is 0 Å². The summed E-state index contributed by atoms with van der Waals surface area (Å²) in [5.74, 6) is -0.307. The number of benzene rings is 1. The molecule has 0 radical (unpaired) electrons. The van der Waals surface area contributed by atoms with E-state index in [1.807, 2.05) is 20.8 Å². The van der Waals surface area contributed by atoms with Crippen LogP contribution in [0.5, 0.6) is 0 Å². The summed E-state index contributed by atoms with van der Waals surface area (Å²) in [4.78, 5) is 0. The van der Waals surface area contributed by atoms with Crippen LogP contribution in [0.15, 0.2) is 22.7 Å². The second kappa shape index (κ2) is 5.69. The van der Waals surface area contributed by atoms with E-state index in [2.05, 4.69) is 20.7 Å². The van der Waals surface area contributed by atoms with Crippen molar-refractivity contribution >= 4 is 27.3 Å². The normalized spacial score (nSPS) is 15.7. The Balaban J connectivity index is 2.84. The molecule has 0 heterocycles. The first-order valence-electron chi connectivity index (χ1n) is 5.35. The quantitative estimate of drug-likeness (QED) is 0.861. The molecule has 0 aliphatic rings. The molecule has 1 aromatic carbocycles. The van der Waals surface area contributed by atoms with Crippen LogP contribution in [-0.2, 0) is 11.4 Å². The van der Waals surface area contributed by atoms with Crippen molar-refractivity contribution in [3.8, 4) is 0 Å². The van der Waals surface area contributed by atoms with Crippen molar-refractivity contribution in [2.75, 3.05) is 0 Å². The molecular formula is C12H17BrFNOS. The van der Waals surface area contributed by atoms with Crippen molar-refractivity contribution in [3.63, 3.8) is 0 Å². The average molecular weight is 322 g/mol. The van der Waals surface area contributed by atoms with E-state index < -0.39 is 11.4 Å². The van der Waals surface area contributed by atoms with Gasteiger partial charge in [-0.25, -0.2) is 4.39 Å². The van der Waals surface area contributed by atoms with E-state index in [0.29, 0.717) is 10.0 Å². The molecule has 1 aromatic rings. The van der Waals surface area contributed by atoms with Crippen molar-refractivity contribution in [1.82, 2.24) is 4.72 Å². The minimum Gasteiger partial charge on any atom is -0.598 e. The molecule has 17 heavy (non-hydrogen) atoms. The van der Waals surface area contributed by atoms with E-state index >= 15 is 0 Å². The van der Waals surface area contributed by atoms with E-state index in [1.165, 1.54) is 0 Å². The van der Waals surface area contributed by atoms with Gasteiger partial charge in [0.2, 0.25) is 0 Å². The van der Waals surface area contributed by atoms with Gasteiger partial charge in [-0.3, -0.25) is 0 Å². The summed E-state index contributed by atoms with van der Waals surface area (Å²) in [7, 11) is 0. The third kappa shape index (κ3) is 3.95. The highest BCUT2D eigenvalue weighted by molar-refractivity contribution is 9.10. The van der Waals surface area contributed by atoms with Gasteiger partial charge in [-0.05, 0) is 49.7 Å². The first-order valence-corrected chi connectivity index (χ1v) is 7.29. The molecule has 0 amide bonds. The Labute approximate surface area is 113 Å². The van der Waals surface area contributed by atoms with Crippen molar-refractivity contribution < 1.29 is 8.94 Å². The summed E-state index contributed by atoms with van der Waals surface area (Å²) in [6.45, 7) is 7.43. The number of hydrogen-bond acceptors (Lipinski definition) is 2. The molecule has 1 N–H and O–H groups in total.